The van der Waals surface area contributed by atoms with E-state index in [1.165, 1.54) is 31.4 Å². The zero-order chi connectivity index (χ0) is 23.9. The number of hydrogen-bond acceptors (Lipinski definition) is 7. The lowest BCUT2D eigenvalue weighted by Crippen LogP contribution is -2.47. The summed E-state index contributed by atoms with van der Waals surface area (Å²) < 4.78 is 5.38. The van der Waals surface area contributed by atoms with Gasteiger partial charge in [-0.1, -0.05) is 31.0 Å². The van der Waals surface area contributed by atoms with Crippen molar-refractivity contribution in [2.45, 2.75) is 32.2 Å². The van der Waals surface area contributed by atoms with Gasteiger partial charge in [0.05, 0.1) is 12.8 Å². The molecule has 2 aliphatic rings. The summed E-state index contributed by atoms with van der Waals surface area (Å²) >= 11 is 5.52. The van der Waals surface area contributed by atoms with Crippen molar-refractivity contribution >= 4 is 40.6 Å². The summed E-state index contributed by atoms with van der Waals surface area (Å²) in [5, 5.41) is 6.87. The maximum atomic E-state index is 5.52. The van der Waals surface area contributed by atoms with E-state index in [1.807, 2.05) is 12.1 Å². The number of benzene rings is 1. The molecule has 2 fully saturated rings. The van der Waals surface area contributed by atoms with Crippen LogP contribution in [0.2, 0.25) is 0 Å². The predicted molar refractivity (Wildman–Crippen MR) is 145 cm³/mol. The second-order valence-corrected chi connectivity index (χ2v) is 9.41. The maximum absolute atomic E-state index is 5.52. The summed E-state index contributed by atoms with van der Waals surface area (Å²) in [4.78, 5) is 16.9. The molecule has 0 aliphatic carbocycles. The molecule has 0 radical (unpaired) electrons. The lowest BCUT2D eigenvalue weighted by Gasteiger charge is -2.37. The van der Waals surface area contributed by atoms with E-state index >= 15 is 0 Å². The Morgan fingerprint density at radius 1 is 0.800 bits per heavy atom. The van der Waals surface area contributed by atoms with Gasteiger partial charge < -0.3 is 29.8 Å². The number of piperazine rings is 1. The van der Waals surface area contributed by atoms with Gasteiger partial charge in [-0.25, -0.2) is 0 Å². The zero-order valence-electron chi connectivity index (χ0n) is 20.0. The fourth-order valence-electron chi connectivity index (χ4n) is 4.66. The molecule has 2 aliphatic heterocycles. The summed E-state index contributed by atoms with van der Waals surface area (Å²) in [6.45, 7) is 6.30. The molecule has 3 aromatic rings. The number of para-hydroxylation sites is 1. The SMILES string of the molecule is S=C(NCc1ccco1)Nc1nc(N2CCCCCC2)cc(N2CCN(c3ccccc3)CC2)n1. The first-order chi connectivity index (χ1) is 17.2. The molecule has 0 bridgehead atoms. The normalized spacial score (nSPS) is 16.6. The maximum Gasteiger partial charge on any atom is 0.232 e. The van der Waals surface area contributed by atoms with Crippen LogP contribution in [-0.4, -0.2) is 54.3 Å². The molecule has 4 heterocycles. The first-order valence-electron chi connectivity index (χ1n) is 12.5. The lowest BCUT2D eigenvalue weighted by molar-refractivity contribution is 0.503. The molecule has 1 aromatic carbocycles. The van der Waals surface area contributed by atoms with Gasteiger partial charge in [0.25, 0.3) is 0 Å². The van der Waals surface area contributed by atoms with Crippen molar-refractivity contribution in [2.75, 3.05) is 59.3 Å². The van der Waals surface area contributed by atoms with Gasteiger partial charge in [0.2, 0.25) is 5.95 Å². The van der Waals surface area contributed by atoms with Gasteiger partial charge >= 0.3 is 0 Å². The molecule has 35 heavy (non-hydrogen) atoms. The molecule has 0 spiro atoms. The van der Waals surface area contributed by atoms with Crippen molar-refractivity contribution in [3.63, 3.8) is 0 Å². The van der Waals surface area contributed by atoms with Crippen molar-refractivity contribution in [1.82, 2.24) is 15.3 Å². The highest BCUT2D eigenvalue weighted by molar-refractivity contribution is 7.80. The van der Waals surface area contributed by atoms with Gasteiger partial charge in [-0.05, 0) is 49.3 Å². The Balaban J connectivity index is 1.31. The van der Waals surface area contributed by atoms with E-state index in [0.29, 0.717) is 17.6 Å². The fraction of sp³-hybridized carbons (Fsp3) is 0.423. The van der Waals surface area contributed by atoms with Crippen molar-refractivity contribution in [3.8, 4) is 0 Å². The molecule has 2 saturated heterocycles. The lowest BCUT2D eigenvalue weighted by atomic mass is 10.2. The van der Waals surface area contributed by atoms with Gasteiger partial charge in [0, 0.05) is 51.0 Å². The fourth-order valence-corrected chi connectivity index (χ4v) is 4.82. The number of furan rings is 1. The highest BCUT2D eigenvalue weighted by atomic mass is 32.1. The number of thiocarbonyl (C=S) groups is 1. The van der Waals surface area contributed by atoms with Gasteiger partial charge in [-0.2, -0.15) is 9.97 Å². The first-order valence-corrected chi connectivity index (χ1v) is 12.9. The Morgan fingerprint density at radius 2 is 1.46 bits per heavy atom. The minimum Gasteiger partial charge on any atom is -0.467 e. The van der Waals surface area contributed by atoms with E-state index in [0.717, 1.165) is 56.7 Å². The highest BCUT2D eigenvalue weighted by Gasteiger charge is 2.21. The van der Waals surface area contributed by atoms with Crippen LogP contribution < -0.4 is 25.3 Å². The Hall–Kier alpha value is -3.33. The van der Waals surface area contributed by atoms with Crippen LogP contribution in [0.1, 0.15) is 31.4 Å². The predicted octanol–water partition coefficient (Wildman–Crippen LogP) is 4.26. The molecule has 2 N–H and O–H groups in total. The van der Waals surface area contributed by atoms with Crippen LogP contribution in [0.4, 0.5) is 23.3 Å². The molecule has 0 atom stereocenters. The third kappa shape index (κ3) is 6.22. The largest absolute Gasteiger partial charge is 0.467 e. The van der Waals surface area contributed by atoms with Crippen LogP contribution >= 0.6 is 12.2 Å². The Bertz CT molecular complexity index is 1080. The molecule has 0 amide bonds. The molecule has 184 valence electrons. The van der Waals surface area contributed by atoms with Crippen LogP contribution in [0.3, 0.4) is 0 Å². The smallest absolute Gasteiger partial charge is 0.232 e. The summed E-state index contributed by atoms with van der Waals surface area (Å²) in [6, 6.07) is 16.5. The molecule has 8 nitrogen and oxygen atoms in total. The van der Waals surface area contributed by atoms with E-state index < -0.39 is 0 Å². The Morgan fingerprint density at radius 3 is 2.11 bits per heavy atom. The molecule has 9 heteroatoms. The van der Waals surface area contributed by atoms with Crippen LogP contribution in [0, 0.1) is 0 Å². The number of aromatic nitrogens is 2. The van der Waals surface area contributed by atoms with Crippen molar-refractivity contribution in [1.29, 1.82) is 0 Å². The number of hydrogen-bond donors (Lipinski definition) is 2. The summed E-state index contributed by atoms with van der Waals surface area (Å²) in [5.41, 5.74) is 1.27. The highest BCUT2D eigenvalue weighted by Crippen LogP contribution is 2.25. The summed E-state index contributed by atoms with van der Waals surface area (Å²) in [7, 11) is 0. The first kappa shape index (κ1) is 23.4. The van der Waals surface area contributed by atoms with Crippen molar-refractivity contribution < 1.29 is 4.42 Å². The van der Waals surface area contributed by atoms with Crippen LogP contribution in [0.15, 0.2) is 59.2 Å². The average Bonchev–Trinajstić information content (AvgIpc) is 3.28. The molecule has 0 saturated carbocycles. The quantitative estimate of drug-likeness (QED) is 0.492. The zero-order valence-corrected chi connectivity index (χ0v) is 20.8. The van der Waals surface area contributed by atoms with Gasteiger partial charge in [0.15, 0.2) is 5.11 Å². The molecular weight excluding hydrogens is 458 g/mol. The summed E-state index contributed by atoms with van der Waals surface area (Å²) in [6.07, 6.45) is 6.61. The molecule has 0 unspecified atom stereocenters. The van der Waals surface area contributed by atoms with E-state index in [1.54, 1.807) is 6.26 Å². The van der Waals surface area contributed by atoms with Crippen LogP contribution in [0.25, 0.3) is 0 Å². The third-order valence-electron chi connectivity index (χ3n) is 6.58. The topological polar surface area (TPSA) is 72.7 Å². The Kier molecular flexibility index (Phi) is 7.62. The minimum atomic E-state index is 0.481. The van der Waals surface area contributed by atoms with E-state index in [2.05, 4.69) is 61.7 Å². The molecule has 2 aromatic heterocycles. The number of rotatable bonds is 6. The van der Waals surface area contributed by atoms with E-state index in [4.69, 9.17) is 26.6 Å². The number of anilines is 4. The Labute approximate surface area is 212 Å². The van der Waals surface area contributed by atoms with Crippen molar-refractivity contribution in [2.24, 2.45) is 0 Å². The van der Waals surface area contributed by atoms with E-state index in [-0.39, 0.29) is 0 Å². The second-order valence-electron chi connectivity index (χ2n) is 9.01. The van der Waals surface area contributed by atoms with Gasteiger partial charge in [-0.3, -0.25) is 0 Å². The van der Waals surface area contributed by atoms with Gasteiger partial charge in [0.1, 0.15) is 17.4 Å². The monoisotopic (exact) mass is 491 g/mol. The number of nitrogens with zero attached hydrogens (tertiary/aromatic N) is 5. The standard InChI is InChI=1S/C26H33N7OS/c35-26(27-20-22-11-8-18-34-22)30-25-28-23(32-12-6-1-2-7-13-32)19-24(29-25)33-16-14-31(15-17-33)21-9-4-3-5-10-21/h3-5,8-11,18-19H,1-2,6-7,12-17,20H2,(H2,27,28,29,30,35). The van der Waals surface area contributed by atoms with E-state index in [9.17, 15) is 0 Å². The minimum absolute atomic E-state index is 0.481. The van der Waals surface area contributed by atoms with Gasteiger partial charge in [-0.15, -0.1) is 0 Å². The third-order valence-corrected chi connectivity index (χ3v) is 6.83. The second kappa shape index (κ2) is 11.4. The number of nitrogens with one attached hydrogen (secondary N) is 2. The van der Waals surface area contributed by atoms with Crippen molar-refractivity contribution in [3.05, 3.63) is 60.6 Å². The molecular formula is C26H33N7OS. The van der Waals surface area contributed by atoms with Crippen LogP contribution in [0.5, 0.6) is 0 Å². The summed E-state index contributed by atoms with van der Waals surface area (Å²) in [5.74, 6) is 3.27. The molecule has 5 rings (SSSR count). The average molecular weight is 492 g/mol. The van der Waals surface area contributed by atoms with Crippen LogP contribution in [-0.2, 0) is 6.54 Å².